The Labute approximate surface area is 289 Å². The predicted molar refractivity (Wildman–Crippen MR) is 206 cm³/mol. The van der Waals surface area contributed by atoms with Gasteiger partial charge in [0.05, 0.1) is 11.4 Å². The summed E-state index contributed by atoms with van der Waals surface area (Å²) in [5.74, 6) is 0.728. The van der Waals surface area contributed by atoms with Crippen molar-refractivity contribution in [1.82, 2.24) is 0 Å². The molecule has 10 rings (SSSR count). The highest BCUT2D eigenvalue weighted by Crippen LogP contribution is 2.55. The van der Waals surface area contributed by atoms with E-state index in [1.807, 2.05) is 23.1 Å². The van der Waals surface area contributed by atoms with Crippen molar-refractivity contribution in [3.05, 3.63) is 174 Å². The number of rotatable bonds is 3. The number of nitrogens with zero attached hydrogens (tertiary/aromatic N) is 1. The number of benzene rings is 7. The van der Waals surface area contributed by atoms with Crippen LogP contribution in [0.1, 0.15) is 35.4 Å². The van der Waals surface area contributed by atoms with Crippen LogP contribution in [0.25, 0.3) is 42.4 Å². The maximum Gasteiger partial charge on any atom is 0.0601 e. The topological polar surface area (TPSA) is 3.24 Å². The second-order valence-corrected chi connectivity index (χ2v) is 15.0. The third-order valence-corrected chi connectivity index (χ3v) is 12.6. The molecule has 2 unspecified atom stereocenters. The van der Waals surface area contributed by atoms with Crippen molar-refractivity contribution >= 4 is 60.3 Å². The van der Waals surface area contributed by atoms with Crippen LogP contribution >= 0.6 is 23.1 Å². The van der Waals surface area contributed by atoms with Gasteiger partial charge in [-0.1, -0.05) is 128 Å². The summed E-state index contributed by atoms with van der Waals surface area (Å²) in [6.07, 6.45) is 0. The summed E-state index contributed by atoms with van der Waals surface area (Å²) < 4.78 is 2.73. The van der Waals surface area contributed by atoms with E-state index in [1.54, 1.807) is 0 Å². The first kappa shape index (κ1) is 28.0. The molecule has 1 aliphatic heterocycles. The molecule has 3 heteroatoms. The molecule has 1 aliphatic carbocycles. The highest BCUT2D eigenvalue weighted by atomic mass is 32.2. The molecule has 0 spiro atoms. The van der Waals surface area contributed by atoms with Crippen LogP contribution < -0.4 is 4.90 Å². The minimum absolute atomic E-state index is 0.326. The molecule has 0 radical (unpaired) electrons. The van der Waals surface area contributed by atoms with Crippen molar-refractivity contribution in [3.8, 4) is 22.3 Å². The van der Waals surface area contributed by atoms with E-state index in [2.05, 4.69) is 170 Å². The Bertz CT molecular complexity index is 2480. The van der Waals surface area contributed by atoms with Crippen molar-refractivity contribution in [1.29, 1.82) is 0 Å². The zero-order valence-electron chi connectivity index (χ0n) is 26.4. The Morgan fingerprint density at radius 1 is 0.542 bits per heavy atom. The number of anilines is 3. The van der Waals surface area contributed by atoms with Crippen LogP contribution in [0, 0.1) is 0 Å². The predicted octanol–water partition coefficient (Wildman–Crippen LogP) is 13.6. The molecule has 2 atom stereocenters. The van der Waals surface area contributed by atoms with Gasteiger partial charge in [0.1, 0.15) is 0 Å². The second kappa shape index (κ2) is 11.0. The molecule has 0 bridgehead atoms. The summed E-state index contributed by atoms with van der Waals surface area (Å²) in [7, 11) is 0. The quantitative estimate of drug-likeness (QED) is 0.187. The summed E-state index contributed by atoms with van der Waals surface area (Å²) in [4.78, 5) is 4.97. The zero-order chi connectivity index (χ0) is 31.8. The Morgan fingerprint density at radius 3 is 2.06 bits per heavy atom. The lowest BCUT2D eigenvalue weighted by Crippen LogP contribution is -2.16. The van der Waals surface area contributed by atoms with E-state index < -0.39 is 0 Å². The largest absolute Gasteiger partial charge is 0.308 e. The first-order valence-corrected chi connectivity index (χ1v) is 18.3. The summed E-state index contributed by atoms with van der Waals surface area (Å²) in [5, 5.41) is 2.68. The smallest absolute Gasteiger partial charge is 0.0601 e. The molecule has 2 heterocycles. The number of thiophene rings is 1. The summed E-state index contributed by atoms with van der Waals surface area (Å²) in [6.45, 7) is 2.40. The van der Waals surface area contributed by atoms with E-state index in [-0.39, 0.29) is 0 Å². The molecule has 0 fully saturated rings. The van der Waals surface area contributed by atoms with Gasteiger partial charge in [0, 0.05) is 47.1 Å². The van der Waals surface area contributed by atoms with Crippen molar-refractivity contribution in [2.45, 2.75) is 28.6 Å². The van der Waals surface area contributed by atoms with Gasteiger partial charge < -0.3 is 4.90 Å². The fourth-order valence-electron chi connectivity index (χ4n) is 8.08. The first-order valence-electron chi connectivity index (χ1n) is 16.6. The molecular formula is C45H31NS2. The molecule has 0 saturated carbocycles. The summed E-state index contributed by atoms with van der Waals surface area (Å²) >= 11 is 3.79. The fraction of sp³-hybridized carbons (Fsp3) is 0.0667. The van der Waals surface area contributed by atoms with Gasteiger partial charge in [-0.25, -0.2) is 0 Å². The molecule has 0 amide bonds. The van der Waals surface area contributed by atoms with E-state index in [0.717, 1.165) is 0 Å². The van der Waals surface area contributed by atoms with Gasteiger partial charge in [0.25, 0.3) is 0 Å². The summed E-state index contributed by atoms with van der Waals surface area (Å²) in [5.41, 5.74) is 13.2. The molecular weight excluding hydrogens is 619 g/mol. The van der Waals surface area contributed by atoms with E-state index >= 15 is 0 Å². The highest BCUT2D eigenvalue weighted by molar-refractivity contribution is 7.99. The van der Waals surface area contributed by atoms with Crippen molar-refractivity contribution in [2.24, 2.45) is 0 Å². The average molecular weight is 650 g/mol. The van der Waals surface area contributed by atoms with Crippen molar-refractivity contribution in [3.63, 3.8) is 0 Å². The van der Waals surface area contributed by atoms with Crippen LogP contribution in [-0.4, -0.2) is 0 Å². The lowest BCUT2D eigenvalue weighted by molar-refractivity contribution is 0.650. The summed E-state index contributed by atoms with van der Waals surface area (Å²) in [6, 6.07) is 58.5. The SMILES string of the molecule is CC1c2ccccc2-c2c(ccc3c2sc2ccc(-c4cccc(N5c6ccccc6Sc6ccccc65)c4)cc23)C1c1ccccc1. The minimum Gasteiger partial charge on any atom is -0.308 e. The molecule has 1 nitrogen and oxygen atoms in total. The van der Waals surface area contributed by atoms with Crippen molar-refractivity contribution < 1.29 is 0 Å². The lowest BCUT2D eigenvalue weighted by Gasteiger charge is -2.34. The van der Waals surface area contributed by atoms with E-state index in [1.165, 1.54) is 86.0 Å². The van der Waals surface area contributed by atoms with Crippen LogP contribution in [0.3, 0.4) is 0 Å². The van der Waals surface area contributed by atoms with Gasteiger partial charge in [0.15, 0.2) is 0 Å². The van der Waals surface area contributed by atoms with E-state index in [4.69, 9.17) is 0 Å². The molecule has 7 aromatic carbocycles. The van der Waals surface area contributed by atoms with Crippen LogP contribution in [-0.2, 0) is 0 Å². The van der Waals surface area contributed by atoms with Gasteiger partial charge in [0.2, 0.25) is 0 Å². The number of fused-ring (bicyclic) bond motifs is 9. The Morgan fingerprint density at radius 2 is 1.25 bits per heavy atom. The third kappa shape index (κ3) is 4.24. The minimum atomic E-state index is 0.326. The Balaban J connectivity index is 1.13. The molecule has 48 heavy (non-hydrogen) atoms. The zero-order valence-corrected chi connectivity index (χ0v) is 28.1. The number of para-hydroxylation sites is 2. The maximum absolute atomic E-state index is 2.42. The number of hydrogen-bond donors (Lipinski definition) is 0. The average Bonchev–Trinajstić information content (AvgIpc) is 3.52. The van der Waals surface area contributed by atoms with Crippen molar-refractivity contribution in [2.75, 3.05) is 4.90 Å². The standard InChI is InChI=1S/C45H31NS2/c1-28-33-16-5-6-17-34(33)44-36(43(28)29-12-3-2-4-13-29)24-23-35-37-27-31(22-25-40(37)48-45(35)44)30-14-11-15-32(26-30)46-38-18-7-9-20-41(38)47-42-21-10-8-19-39(42)46/h2-28,43H,1H3. The van der Waals surface area contributed by atoms with Gasteiger partial charge in [-0.2, -0.15) is 0 Å². The van der Waals surface area contributed by atoms with Gasteiger partial charge in [-0.15, -0.1) is 11.3 Å². The van der Waals surface area contributed by atoms with Gasteiger partial charge in [-0.05, 0) is 87.8 Å². The van der Waals surface area contributed by atoms with Crippen LogP contribution in [0.5, 0.6) is 0 Å². The monoisotopic (exact) mass is 649 g/mol. The molecule has 0 saturated heterocycles. The van der Waals surface area contributed by atoms with Crippen LogP contribution in [0.15, 0.2) is 168 Å². The normalized spacial score (nSPS) is 16.3. The molecule has 0 N–H and O–H groups in total. The second-order valence-electron chi connectivity index (χ2n) is 12.9. The third-order valence-electron chi connectivity index (χ3n) is 10.3. The first-order chi connectivity index (χ1) is 23.7. The van der Waals surface area contributed by atoms with E-state index in [0.29, 0.717) is 11.8 Å². The molecule has 1 aromatic heterocycles. The van der Waals surface area contributed by atoms with E-state index in [9.17, 15) is 0 Å². The van der Waals surface area contributed by atoms with Crippen LogP contribution in [0.2, 0.25) is 0 Å². The fourth-order valence-corrected chi connectivity index (χ4v) is 10.4. The Hall–Kier alpha value is -5.09. The Kier molecular flexibility index (Phi) is 6.40. The number of hydrogen-bond acceptors (Lipinski definition) is 3. The van der Waals surface area contributed by atoms with Gasteiger partial charge >= 0.3 is 0 Å². The highest BCUT2D eigenvalue weighted by Gasteiger charge is 2.33. The van der Waals surface area contributed by atoms with Crippen LogP contribution in [0.4, 0.5) is 17.1 Å². The lowest BCUT2D eigenvalue weighted by atomic mass is 9.69. The molecule has 8 aromatic rings. The maximum atomic E-state index is 2.42. The van der Waals surface area contributed by atoms with Gasteiger partial charge in [-0.3, -0.25) is 0 Å². The molecule has 228 valence electrons. The molecule has 2 aliphatic rings.